The normalized spacial score (nSPS) is 20.9. The average Bonchev–Trinajstić information content (AvgIpc) is 2.39. The van der Waals surface area contributed by atoms with Gasteiger partial charge in [0.05, 0.1) is 17.4 Å². The van der Waals surface area contributed by atoms with Crippen LogP contribution in [0.1, 0.15) is 18.1 Å². The van der Waals surface area contributed by atoms with Crippen molar-refractivity contribution in [3.8, 4) is 6.07 Å². The van der Waals surface area contributed by atoms with E-state index in [1.54, 1.807) is 24.3 Å². The third-order valence-electron chi connectivity index (χ3n) is 3.27. The zero-order valence-corrected chi connectivity index (χ0v) is 11.7. The molecule has 102 valence electrons. The molecule has 0 aliphatic carbocycles. The van der Waals surface area contributed by atoms with Crippen molar-refractivity contribution in [1.82, 2.24) is 9.62 Å². The highest BCUT2D eigenvalue weighted by Crippen LogP contribution is 2.17. The van der Waals surface area contributed by atoms with Crippen LogP contribution in [-0.2, 0) is 15.8 Å². The predicted molar refractivity (Wildman–Crippen MR) is 72.8 cm³/mol. The van der Waals surface area contributed by atoms with E-state index in [9.17, 15) is 8.42 Å². The zero-order valence-electron chi connectivity index (χ0n) is 10.8. The van der Waals surface area contributed by atoms with Crippen molar-refractivity contribution < 1.29 is 8.42 Å². The second kappa shape index (κ2) is 5.70. The van der Waals surface area contributed by atoms with Gasteiger partial charge in [0.25, 0.3) is 0 Å². The molecule has 1 fully saturated rings. The summed E-state index contributed by atoms with van der Waals surface area (Å²) in [5, 5.41) is 12.2. The van der Waals surface area contributed by atoms with Crippen LogP contribution in [0.4, 0.5) is 0 Å². The predicted octanol–water partition coefficient (Wildman–Crippen LogP) is 0.682. The molecule has 0 spiro atoms. The summed E-state index contributed by atoms with van der Waals surface area (Å²) in [6.45, 7) is 3.71. The zero-order chi connectivity index (χ0) is 13.9. The fraction of sp³-hybridized carbons (Fsp3) is 0.462. The van der Waals surface area contributed by atoms with E-state index in [2.05, 4.69) is 5.32 Å². The van der Waals surface area contributed by atoms with Gasteiger partial charge in [-0.3, -0.25) is 0 Å². The van der Waals surface area contributed by atoms with Gasteiger partial charge in [-0.25, -0.2) is 8.42 Å². The fourth-order valence-corrected chi connectivity index (χ4v) is 4.07. The summed E-state index contributed by atoms with van der Waals surface area (Å²) in [4.78, 5) is 0. The van der Waals surface area contributed by atoms with E-state index >= 15 is 0 Å². The minimum atomic E-state index is -3.38. The van der Waals surface area contributed by atoms with Gasteiger partial charge in [0.1, 0.15) is 0 Å². The molecular weight excluding hydrogens is 262 g/mol. The van der Waals surface area contributed by atoms with Gasteiger partial charge in [-0.1, -0.05) is 18.2 Å². The van der Waals surface area contributed by atoms with Crippen LogP contribution in [0, 0.1) is 11.3 Å². The minimum absolute atomic E-state index is 0.0482. The van der Waals surface area contributed by atoms with E-state index in [1.807, 2.05) is 13.0 Å². The lowest BCUT2D eigenvalue weighted by atomic mass is 10.1. The van der Waals surface area contributed by atoms with Crippen molar-refractivity contribution in [2.24, 2.45) is 0 Å². The van der Waals surface area contributed by atoms with Gasteiger partial charge in [0.2, 0.25) is 10.0 Å². The molecule has 1 aromatic rings. The van der Waals surface area contributed by atoms with E-state index in [0.29, 0.717) is 30.8 Å². The molecular formula is C13H17N3O2S. The highest BCUT2D eigenvalue weighted by Gasteiger charge is 2.29. The van der Waals surface area contributed by atoms with Crippen LogP contribution in [0.3, 0.4) is 0 Å². The lowest BCUT2D eigenvalue weighted by Gasteiger charge is -2.32. The van der Waals surface area contributed by atoms with Crippen molar-refractivity contribution in [2.45, 2.75) is 18.7 Å². The van der Waals surface area contributed by atoms with E-state index in [-0.39, 0.29) is 11.8 Å². The summed E-state index contributed by atoms with van der Waals surface area (Å²) >= 11 is 0. The first-order chi connectivity index (χ1) is 9.04. The first kappa shape index (κ1) is 14.0. The Labute approximate surface area is 113 Å². The maximum absolute atomic E-state index is 12.4. The Morgan fingerprint density at radius 2 is 2.21 bits per heavy atom. The van der Waals surface area contributed by atoms with E-state index in [0.717, 1.165) is 0 Å². The molecule has 1 atom stereocenters. The summed E-state index contributed by atoms with van der Waals surface area (Å²) in [5.41, 5.74) is 0.990. The molecule has 2 rings (SSSR count). The Balaban J connectivity index is 2.24. The van der Waals surface area contributed by atoms with Crippen molar-refractivity contribution >= 4 is 10.0 Å². The van der Waals surface area contributed by atoms with Crippen LogP contribution in [0.25, 0.3) is 0 Å². The lowest BCUT2D eigenvalue weighted by molar-refractivity contribution is 0.283. The van der Waals surface area contributed by atoms with Crippen molar-refractivity contribution in [3.05, 3.63) is 35.4 Å². The van der Waals surface area contributed by atoms with Crippen LogP contribution in [-0.4, -0.2) is 38.4 Å². The molecule has 19 heavy (non-hydrogen) atoms. The molecule has 0 amide bonds. The largest absolute Gasteiger partial charge is 0.314 e. The van der Waals surface area contributed by atoms with Crippen molar-refractivity contribution in [1.29, 1.82) is 5.26 Å². The Morgan fingerprint density at radius 1 is 1.47 bits per heavy atom. The number of nitrogens with zero attached hydrogens (tertiary/aromatic N) is 2. The molecule has 1 aromatic carbocycles. The van der Waals surface area contributed by atoms with Crippen LogP contribution < -0.4 is 5.32 Å². The minimum Gasteiger partial charge on any atom is -0.314 e. The molecule has 6 heteroatoms. The van der Waals surface area contributed by atoms with Crippen LogP contribution in [0.2, 0.25) is 0 Å². The van der Waals surface area contributed by atoms with E-state index < -0.39 is 10.0 Å². The molecule has 0 aromatic heterocycles. The molecule has 0 saturated carbocycles. The monoisotopic (exact) mass is 279 g/mol. The highest BCUT2D eigenvalue weighted by molar-refractivity contribution is 7.88. The Bertz CT molecular complexity index is 592. The third-order valence-corrected chi connectivity index (χ3v) is 5.21. The molecule has 0 radical (unpaired) electrons. The van der Waals surface area contributed by atoms with Gasteiger partial charge in [0, 0.05) is 25.7 Å². The number of hydrogen-bond donors (Lipinski definition) is 1. The van der Waals surface area contributed by atoms with Gasteiger partial charge in [-0.05, 0) is 18.6 Å². The maximum atomic E-state index is 12.4. The van der Waals surface area contributed by atoms with Gasteiger partial charge < -0.3 is 5.32 Å². The summed E-state index contributed by atoms with van der Waals surface area (Å²) < 4.78 is 26.4. The standard InChI is InChI=1S/C13H17N3O2S/c1-11-9-15-6-7-16(11)19(17,18)10-13-5-3-2-4-12(13)8-14/h2-5,11,15H,6-7,9-10H2,1H3/t11-/m1/s1. The molecule has 1 aliphatic heterocycles. The fourth-order valence-electron chi connectivity index (χ4n) is 2.27. The molecule has 1 saturated heterocycles. The summed E-state index contributed by atoms with van der Waals surface area (Å²) in [7, 11) is -3.38. The van der Waals surface area contributed by atoms with Gasteiger partial charge in [-0.2, -0.15) is 9.57 Å². The Hall–Kier alpha value is -1.42. The summed E-state index contributed by atoms with van der Waals surface area (Å²) in [5.74, 6) is -0.110. The van der Waals surface area contributed by atoms with Gasteiger partial charge in [0.15, 0.2) is 0 Å². The number of nitrogens with one attached hydrogen (secondary N) is 1. The van der Waals surface area contributed by atoms with Crippen LogP contribution in [0.15, 0.2) is 24.3 Å². The average molecular weight is 279 g/mol. The van der Waals surface area contributed by atoms with Gasteiger partial charge in [-0.15, -0.1) is 0 Å². The quantitative estimate of drug-likeness (QED) is 0.883. The first-order valence-corrected chi connectivity index (χ1v) is 7.84. The summed E-state index contributed by atoms with van der Waals surface area (Å²) in [6.07, 6.45) is 0. The number of rotatable bonds is 3. The first-order valence-electron chi connectivity index (χ1n) is 6.23. The van der Waals surface area contributed by atoms with Crippen LogP contribution in [0.5, 0.6) is 0 Å². The van der Waals surface area contributed by atoms with Crippen molar-refractivity contribution in [3.63, 3.8) is 0 Å². The molecule has 0 bridgehead atoms. The maximum Gasteiger partial charge on any atom is 0.218 e. The molecule has 5 nitrogen and oxygen atoms in total. The number of piperazine rings is 1. The number of hydrogen-bond acceptors (Lipinski definition) is 4. The van der Waals surface area contributed by atoms with Crippen molar-refractivity contribution in [2.75, 3.05) is 19.6 Å². The van der Waals surface area contributed by atoms with Crippen LogP contribution >= 0.6 is 0 Å². The topological polar surface area (TPSA) is 73.2 Å². The van der Waals surface area contributed by atoms with E-state index in [4.69, 9.17) is 5.26 Å². The second-order valence-electron chi connectivity index (χ2n) is 4.69. The number of nitriles is 1. The van der Waals surface area contributed by atoms with E-state index in [1.165, 1.54) is 4.31 Å². The lowest BCUT2D eigenvalue weighted by Crippen LogP contribution is -2.52. The Kier molecular flexibility index (Phi) is 4.20. The number of sulfonamides is 1. The van der Waals surface area contributed by atoms with Gasteiger partial charge >= 0.3 is 0 Å². The third kappa shape index (κ3) is 3.13. The molecule has 1 aliphatic rings. The smallest absolute Gasteiger partial charge is 0.218 e. The summed E-state index contributed by atoms with van der Waals surface area (Å²) in [6, 6.07) is 8.83. The highest BCUT2D eigenvalue weighted by atomic mass is 32.2. The Morgan fingerprint density at radius 3 is 2.89 bits per heavy atom. The molecule has 0 unspecified atom stereocenters. The molecule has 1 N–H and O–H groups in total. The number of benzene rings is 1. The second-order valence-corrected chi connectivity index (χ2v) is 6.61. The SMILES string of the molecule is C[C@@H]1CNCCN1S(=O)(=O)Cc1ccccc1C#N. The molecule has 1 heterocycles.